The molecule has 1 aromatic carbocycles. The summed E-state index contributed by atoms with van der Waals surface area (Å²) in [6.07, 6.45) is 3.64. The van der Waals surface area contributed by atoms with Crippen LogP contribution in [-0.2, 0) is 9.59 Å². The van der Waals surface area contributed by atoms with Crippen molar-refractivity contribution in [3.05, 3.63) is 30.3 Å². The zero-order valence-electron chi connectivity index (χ0n) is 18.2. The normalized spacial score (nSPS) is 22.9. The maximum atomic E-state index is 12.8. The number of rotatable bonds is 7. The molecule has 160 valence electrons. The maximum Gasteiger partial charge on any atom is 0.222 e. The molecule has 0 spiro atoms. The first-order valence-electron chi connectivity index (χ1n) is 11.1. The van der Waals surface area contributed by atoms with E-state index in [9.17, 15) is 9.59 Å². The molecule has 1 aromatic rings. The van der Waals surface area contributed by atoms with Crippen molar-refractivity contribution in [2.24, 2.45) is 23.7 Å². The highest BCUT2D eigenvalue weighted by Gasteiger charge is 2.41. The smallest absolute Gasteiger partial charge is 0.222 e. The van der Waals surface area contributed by atoms with E-state index in [0.717, 1.165) is 51.2 Å². The minimum absolute atomic E-state index is 0.171. The summed E-state index contributed by atoms with van der Waals surface area (Å²) < 4.78 is 6.09. The van der Waals surface area contributed by atoms with Crippen molar-refractivity contribution in [1.82, 2.24) is 9.80 Å². The Labute approximate surface area is 175 Å². The standard InChI is InChI=1S/C24H36N2O3/c1-18(2)9-10-24(28)26-15-21(17-29-22-7-5-4-6-8-22)23(16-26)20-11-13-25(14-12-20)19(3)27/h4-8,18,20-21,23H,9-17H2,1-3H3/t21-,23-/m0/s1. The van der Waals surface area contributed by atoms with Gasteiger partial charge >= 0.3 is 0 Å². The van der Waals surface area contributed by atoms with E-state index in [1.165, 1.54) is 0 Å². The van der Waals surface area contributed by atoms with E-state index in [1.807, 2.05) is 35.2 Å². The van der Waals surface area contributed by atoms with Crippen LogP contribution in [0.4, 0.5) is 0 Å². The summed E-state index contributed by atoms with van der Waals surface area (Å²) in [6.45, 7) is 9.94. The van der Waals surface area contributed by atoms with E-state index in [2.05, 4.69) is 18.7 Å². The molecule has 3 rings (SSSR count). The molecule has 0 unspecified atom stereocenters. The van der Waals surface area contributed by atoms with Crippen LogP contribution in [-0.4, -0.2) is 54.4 Å². The highest BCUT2D eigenvalue weighted by molar-refractivity contribution is 5.76. The quantitative estimate of drug-likeness (QED) is 0.699. The van der Waals surface area contributed by atoms with Crippen LogP contribution in [0, 0.1) is 23.7 Å². The van der Waals surface area contributed by atoms with Crippen molar-refractivity contribution in [3.8, 4) is 5.75 Å². The summed E-state index contributed by atoms with van der Waals surface area (Å²) in [5.41, 5.74) is 0. The Morgan fingerprint density at radius 3 is 2.38 bits per heavy atom. The van der Waals surface area contributed by atoms with Crippen LogP contribution in [0.15, 0.2) is 30.3 Å². The van der Waals surface area contributed by atoms with Gasteiger partial charge in [-0.05, 0) is 49.1 Å². The third kappa shape index (κ3) is 5.97. The number of carbonyl (C=O) groups is 2. The van der Waals surface area contributed by atoms with Crippen LogP contribution in [0.25, 0.3) is 0 Å². The molecule has 5 heteroatoms. The Bertz CT molecular complexity index is 668. The molecule has 2 amide bonds. The van der Waals surface area contributed by atoms with Gasteiger partial charge in [0.15, 0.2) is 0 Å². The van der Waals surface area contributed by atoms with Gasteiger partial charge in [0.2, 0.25) is 11.8 Å². The molecule has 0 radical (unpaired) electrons. The van der Waals surface area contributed by atoms with Crippen molar-refractivity contribution in [2.75, 3.05) is 32.8 Å². The van der Waals surface area contributed by atoms with E-state index >= 15 is 0 Å². The number of ether oxygens (including phenoxy) is 1. The third-order valence-electron chi connectivity index (χ3n) is 6.58. The molecular weight excluding hydrogens is 364 g/mol. The second kappa shape index (κ2) is 10.1. The Balaban J connectivity index is 1.63. The second-order valence-corrected chi connectivity index (χ2v) is 9.12. The minimum Gasteiger partial charge on any atom is -0.493 e. The summed E-state index contributed by atoms with van der Waals surface area (Å²) in [5, 5.41) is 0. The lowest BCUT2D eigenvalue weighted by Crippen LogP contribution is -2.40. The molecule has 0 aromatic heterocycles. The van der Waals surface area contributed by atoms with Gasteiger partial charge in [-0.3, -0.25) is 9.59 Å². The highest BCUT2D eigenvalue weighted by Crippen LogP contribution is 2.36. The molecule has 0 aliphatic carbocycles. The average Bonchev–Trinajstić information content (AvgIpc) is 3.15. The number of para-hydroxylation sites is 1. The Morgan fingerprint density at radius 2 is 1.76 bits per heavy atom. The SMILES string of the molecule is CC(=O)N1CCC([C@@H]2CN(C(=O)CCC(C)C)C[C@H]2COc2ccccc2)CC1. The summed E-state index contributed by atoms with van der Waals surface area (Å²) in [5.74, 6) is 3.25. The largest absolute Gasteiger partial charge is 0.493 e. The summed E-state index contributed by atoms with van der Waals surface area (Å²) in [7, 11) is 0. The van der Waals surface area contributed by atoms with Crippen LogP contribution in [0.2, 0.25) is 0 Å². The first-order valence-corrected chi connectivity index (χ1v) is 11.1. The zero-order chi connectivity index (χ0) is 20.8. The van der Waals surface area contributed by atoms with E-state index < -0.39 is 0 Å². The second-order valence-electron chi connectivity index (χ2n) is 9.12. The van der Waals surface area contributed by atoms with Crippen molar-refractivity contribution in [1.29, 1.82) is 0 Å². The lowest BCUT2D eigenvalue weighted by molar-refractivity contribution is -0.130. The number of nitrogens with zero attached hydrogens (tertiary/aromatic N) is 2. The minimum atomic E-state index is 0.171. The van der Waals surface area contributed by atoms with Gasteiger partial charge in [0, 0.05) is 45.4 Å². The Hall–Kier alpha value is -2.04. The van der Waals surface area contributed by atoms with Crippen molar-refractivity contribution in [3.63, 3.8) is 0 Å². The number of amides is 2. The summed E-state index contributed by atoms with van der Waals surface area (Å²) in [4.78, 5) is 28.5. The fraction of sp³-hybridized carbons (Fsp3) is 0.667. The fourth-order valence-corrected chi connectivity index (χ4v) is 4.74. The lowest BCUT2D eigenvalue weighted by atomic mass is 9.78. The molecule has 0 N–H and O–H groups in total. The molecule has 0 bridgehead atoms. The van der Waals surface area contributed by atoms with Crippen LogP contribution in [0.3, 0.4) is 0 Å². The van der Waals surface area contributed by atoms with Crippen molar-refractivity contribution < 1.29 is 14.3 Å². The summed E-state index contributed by atoms with van der Waals surface area (Å²) in [6, 6.07) is 9.94. The predicted molar refractivity (Wildman–Crippen MR) is 115 cm³/mol. The van der Waals surface area contributed by atoms with E-state index in [1.54, 1.807) is 6.92 Å². The molecule has 2 heterocycles. The Kier molecular flexibility index (Phi) is 7.57. The topological polar surface area (TPSA) is 49.9 Å². The van der Waals surface area contributed by atoms with Gasteiger partial charge in [-0.15, -0.1) is 0 Å². The number of benzene rings is 1. The number of piperidine rings is 1. The molecule has 2 aliphatic rings. The number of hydrogen-bond acceptors (Lipinski definition) is 3. The molecule has 2 saturated heterocycles. The summed E-state index contributed by atoms with van der Waals surface area (Å²) >= 11 is 0. The first-order chi connectivity index (χ1) is 13.9. The monoisotopic (exact) mass is 400 g/mol. The lowest BCUT2D eigenvalue weighted by Gasteiger charge is -2.36. The third-order valence-corrected chi connectivity index (χ3v) is 6.58. The molecule has 2 fully saturated rings. The Morgan fingerprint density at radius 1 is 1.07 bits per heavy atom. The molecule has 2 atom stereocenters. The number of carbonyl (C=O) groups excluding carboxylic acids is 2. The number of likely N-dealkylation sites (tertiary alicyclic amines) is 2. The van der Waals surface area contributed by atoms with Crippen LogP contribution in [0.5, 0.6) is 5.75 Å². The van der Waals surface area contributed by atoms with Gasteiger partial charge in [0.25, 0.3) is 0 Å². The van der Waals surface area contributed by atoms with Gasteiger partial charge in [0.05, 0.1) is 6.61 Å². The van der Waals surface area contributed by atoms with E-state index in [4.69, 9.17) is 4.74 Å². The molecule has 5 nitrogen and oxygen atoms in total. The van der Waals surface area contributed by atoms with E-state index in [-0.39, 0.29) is 11.8 Å². The molecule has 29 heavy (non-hydrogen) atoms. The van der Waals surface area contributed by atoms with Gasteiger partial charge in [0.1, 0.15) is 5.75 Å². The predicted octanol–water partition coefficient (Wildman–Crippen LogP) is 3.83. The molecular formula is C24H36N2O3. The average molecular weight is 401 g/mol. The van der Waals surface area contributed by atoms with Gasteiger partial charge in [-0.2, -0.15) is 0 Å². The van der Waals surface area contributed by atoms with Crippen LogP contribution in [0.1, 0.15) is 46.5 Å². The molecule has 0 saturated carbocycles. The molecule has 2 aliphatic heterocycles. The van der Waals surface area contributed by atoms with Gasteiger partial charge < -0.3 is 14.5 Å². The van der Waals surface area contributed by atoms with Gasteiger partial charge in [-0.1, -0.05) is 32.0 Å². The van der Waals surface area contributed by atoms with Crippen molar-refractivity contribution >= 4 is 11.8 Å². The number of hydrogen-bond donors (Lipinski definition) is 0. The van der Waals surface area contributed by atoms with Crippen molar-refractivity contribution in [2.45, 2.75) is 46.5 Å². The maximum absolute atomic E-state index is 12.8. The van der Waals surface area contributed by atoms with E-state index in [0.29, 0.717) is 36.7 Å². The first kappa shape index (κ1) is 21.7. The van der Waals surface area contributed by atoms with Gasteiger partial charge in [-0.25, -0.2) is 0 Å². The van der Waals surface area contributed by atoms with Crippen LogP contribution >= 0.6 is 0 Å². The highest BCUT2D eigenvalue weighted by atomic mass is 16.5. The zero-order valence-corrected chi connectivity index (χ0v) is 18.2. The van der Waals surface area contributed by atoms with Crippen LogP contribution < -0.4 is 4.74 Å². The fourth-order valence-electron chi connectivity index (χ4n) is 4.74.